The first-order chi connectivity index (χ1) is 18.8. The molecule has 39 heavy (non-hydrogen) atoms. The van der Waals surface area contributed by atoms with E-state index in [9.17, 15) is 28.3 Å². The van der Waals surface area contributed by atoms with Gasteiger partial charge in [0.2, 0.25) is 5.43 Å². The van der Waals surface area contributed by atoms with Gasteiger partial charge in [-0.15, -0.1) is 6.58 Å². The van der Waals surface area contributed by atoms with E-state index in [0.717, 1.165) is 12.3 Å². The van der Waals surface area contributed by atoms with E-state index in [0.29, 0.717) is 11.6 Å². The highest BCUT2D eigenvalue weighted by molar-refractivity contribution is 5.99. The molecular weight excluding hydrogens is 508 g/mol. The largest absolute Gasteiger partial charge is 0.483 e. The fourth-order valence-electron chi connectivity index (χ4n) is 3.50. The van der Waals surface area contributed by atoms with Gasteiger partial charge < -0.3 is 25.0 Å². The summed E-state index contributed by atoms with van der Waals surface area (Å²) in [5, 5.41) is 14.5. The Morgan fingerprint density at radius 1 is 1.15 bits per heavy atom. The second-order valence-electron chi connectivity index (χ2n) is 8.32. The van der Waals surface area contributed by atoms with E-state index in [-0.39, 0.29) is 30.0 Å². The van der Waals surface area contributed by atoms with Crippen LogP contribution in [0.3, 0.4) is 0 Å². The molecule has 1 aromatic heterocycles. The number of pyridine rings is 1. The van der Waals surface area contributed by atoms with Gasteiger partial charge in [-0.05, 0) is 18.1 Å². The van der Waals surface area contributed by atoms with Crippen LogP contribution in [0.1, 0.15) is 38.9 Å². The summed E-state index contributed by atoms with van der Waals surface area (Å²) in [4.78, 5) is 39.9. The van der Waals surface area contributed by atoms with Crippen molar-refractivity contribution in [3.05, 3.63) is 124 Å². The number of carbonyl (C=O) groups excluding carboxylic acids is 2. The molecule has 0 aliphatic rings. The first-order valence-corrected chi connectivity index (χ1v) is 12.0. The van der Waals surface area contributed by atoms with Gasteiger partial charge in [0.1, 0.15) is 23.8 Å². The number of amides is 2. The highest BCUT2D eigenvalue weighted by atomic mass is 19.1. The molecule has 3 rings (SSSR count). The Bertz CT molecular complexity index is 1420. The molecule has 2 amide bonds. The predicted molar refractivity (Wildman–Crippen MR) is 143 cm³/mol. The van der Waals surface area contributed by atoms with Crippen molar-refractivity contribution in [2.24, 2.45) is 0 Å². The van der Waals surface area contributed by atoms with Gasteiger partial charge in [0.25, 0.3) is 11.8 Å². The molecule has 10 heteroatoms. The quantitative estimate of drug-likeness (QED) is 0.307. The third-order valence-corrected chi connectivity index (χ3v) is 5.57. The number of aromatic nitrogens is 1. The summed E-state index contributed by atoms with van der Waals surface area (Å²) in [6, 6.07) is 11.0. The lowest BCUT2D eigenvalue weighted by atomic mass is 10.1. The van der Waals surface area contributed by atoms with Crippen LogP contribution < -0.4 is 20.8 Å². The Labute approximate surface area is 224 Å². The van der Waals surface area contributed by atoms with Crippen LogP contribution in [0.25, 0.3) is 6.20 Å². The fourth-order valence-corrected chi connectivity index (χ4v) is 3.50. The number of benzene rings is 2. The molecular formula is C29H28F2N3O5. The smallest absolute Gasteiger partial charge is 0.272 e. The maximum absolute atomic E-state index is 14.1. The molecule has 2 aromatic carbocycles. The lowest BCUT2D eigenvalue weighted by Gasteiger charge is -2.19. The summed E-state index contributed by atoms with van der Waals surface area (Å²) < 4.78 is 34.4. The van der Waals surface area contributed by atoms with Crippen LogP contribution in [-0.4, -0.2) is 34.1 Å². The maximum Gasteiger partial charge on any atom is 0.272 e. The zero-order valence-corrected chi connectivity index (χ0v) is 21.2. The normalized spacial score (nSPS) is 11.7. The highest BCUT2D eigenvalue weighted by Gasteiger charge is 2.26. The van der Waals surface area contributed by atoms with E-state index >= 15 is 0 Å². The predicted octanol–water partition coefficient (Wildman–Crippen LogP) is 3.61. The number of aliphatic hydroxyl groups is 1. The molecule has 0 unspecified atom stereocenters. The fraction of sp³-hybridized carbons (Fsp3) is 0.172. The molecule has 3 N–H and O–H groups in total. The average Bonchev–Trinajstić information content (AvgIpc) is 2.94. The number of nitrogens with zero attached hydrogens (tertiary/aromatic N) is 1. The number of hydrogen-bond donors (Lipinski definition) is 3. The Morgan fingerprint density at radius 2 is 1.90 bits per heavy atom. The van der Waals surface area contributed by atoms with Crippen molar-refractivity contribution < 1.29 is 28.2 Å². The van der Waals surface area contributed by atoms with Crippen LogP contribution in [0.4, 0.5) is 8.78 Å². The Morgan fingerprint density at radius 3 is 2.54 bits per heavy atom. The molecule has 0 saturated carbocycles. The van der Waals surface area contributed by atoms with Gasteiger partial charge in [0, 0.05) is 30.6 Å². The highest BCUT2D eigenvalue weighted by Crippen LogP contribution is 2.19. The molecule has 3 aromatic rings. The standard InChI is InChI=1S/C29H28F2N3O5/c1-3-5-13-34-16-23(28(37)32-15-20-11-12-21(30)14-24(20)31)26(36)27(39-18-19-9-7-6-8-10-19)25(34)29(38)33-22(4-2)17-35/h3-14,16,22,35H,2,15,17-18H2,1H3,(H,32,37)(H,33,38)/t22-/m0/s1. The number of ether oxygens (including phenoxy) is 1. The van der Waals surface area contributed by atoms with Crippen LogP contribution in [-0.2, 0) is 13.2 Å². The van der Waals surface area contributed by atoms with Gasteiger partial charge in [-0.25, -0.2) is 8.78 Å². The van der Waals surface area contributed by atoms with E-state index in [1.54, 1.807) is 49.8 Å². The molecule has 0 aliphatic carbocycles. The lowest BCUT2D eigenvalue weighted by Crippen LogP contribution is -2.39. The third kappa shape index (κ3) is 7.48. The van der Waals surface area contributed by atoms with Gasteiger partial charge in [-0.1, -0.05) is 55.5 Å². The minimum atomic E-state index is -0.877. The van der Waals surface area contributed by atoms with Crippen molar-refractivity contribution in [2.75, 3.05) is 6.61 Å². The summed E-state index contributed by atoms with van der Waals surface area (Å²) >= 11 is 0. The minimum Gasteiger partial charge on any atom is -0.483 e. The summed E-state index contributed by atoms with van der Waals surface area (Å²) in [6.07, 6.45) is 7.18. The third-order valence-electron chi connectivity index (χ3n) is 5.57. The average molecular weight is 537 g/mol. The van der Waals surface area contributed by atoms with Gasteiger partial charge >= 0.3 is 0 Å². The molecule has 0 spiro atoms. The van der Waals surface area contributed by atoms with E-state index in [1.807, 2.05) is 0 Å². The zero-order chi connectivity index (χ0) is 28.4. The van der Waals surface area contributed by atoms with Gasteiger partial charge in [-0.2, -0.15) is 0 Å². The molecule has 0 bridgehead atoms. The van der Waals surface area contributed by atoms with Crippen LogP contribution in [0.2, 0.25) is 0 Å². The first-order valence-electron chi connectivity index (χ1n) is 12.0. The molecule has 0 fully saturated rings. The SMILES string of the molecule is C=C[C@@H](CO)NC(=O)c1c(OCc2ccccc2)c(=O)c(C(=O)NCc2ccc(F)cc2F)cn1C=C[CH]C. The number of halogens is 2. The second kappa shape index (κ2) is 13.8. The topological polar surface area (TPSA) is 110 Å². The van der Waals surface area contributed by atoms with Crippen molar-refractivity contribution >= 4 is 18.0 Å². The minimum absolute atomic E-state index is 0.0153. The number of carbonyl (C=O) groups is 2. The molecule has 0 saturated heterocycles. The number of hydrogen-bond acceptors (Lipinski definition) is 5. The van der Waals surface area contributed by atoms with E-state index in [2.05, 4.69) is 17.2 Å². The van der Waals surface area contributed by atoms with Gasteiger partial charge in [-0.3, -0.25) is 14.4 Å². The van der Waals surface area contributed by atoms with Gasteiger partial charge in [0.15, 0.2) is 11.4 Å². The summed E-state index contributed by atoms with van der Waals surface area (Å²) in [7, 11) is 0. The maximum atomic E-state index is 14.1. The molecule has 1 atom stereocenters. The van der Waals surface area contributed by atoms with Crippen molar-refractivity contribution in [2.45, 2.75) is 26.1 Å². The van der Waals surface area contributed by atoms with Crippen LogP contribution >= 0.6 is 0 Å². The number of rotatable bonds is 12. The Hall–Kier alpha value is -4.57. The van der Waals surface area contributed by atoms with E-state index in [1.165, 1.54) is 22.9 Å². The molecule has 1 heterocycles. The van der Waals surface area contributed by atoms with Crippen LogP contribution in [0.15, 0.2) is 78.3 Å². The number of nitrogens with one attached hydrogen (secondary N) is 2. The molecule has 1 radical (unpaired) electrons. The van der Waals surface area contributed by atoms with Crippen molar-refractivity contribution in [1.82, 2.24) is 15.2 Å². The number of aliphatic hydroxyl groups excluding tert-OH is 1. The lowest BCUT2D eigenvalue weighted by molar-refractivity contribution is 0.0910. The summed E-state index contributed by atoms with van der Waals surface area (Å²) in [6.45, 7) is 4.46. The Balaban J connectivity index is 2.07. The van der Waals surface area contributed by atoms with Crippen LogP contribution in [0.5, 0.6) is 5.75 Å². The second-order valence-corrected chi connectivity index (χ2v) is 8.32. The van der Waals surface area contributed by atoms with Crippen molar-refractivity contribution in [3.63, 3.8) is 0 Å². The molecule has 203 valence electrons. The first kappa shape index (κ1) is 29.0. The van der Waals surface area contributed by atoms with Crippen molar-refractivity contribution in [1.29, 1.82) is 0 Å². The molecule has 8 nitrogen and oxygen atoms in total. The zero-order valence-electron chi connectivity index (χ0n) is 21.2. The monoisotopic (exact) mass is 536 g/mol. The number of allylic oxidation sites excluding steroid dienone is 1. The molecule has 0 aliphatic heterocycles. The van der Waals surface area contributed by atoms with Crippen molar-refractivity contribution in [3.8, 4) is 5.75 Å². The summed E-state index contributed by atoms with van der Waals surface area (Å²) in [5.74, 6) is -3.64. The van der Waals surface area contributed by atoms with Gasteiger partial charge in [0.05, 0.1) is 12.6 Å². The van der Waals surface area contributed by atoms with E-state index < -0.39 is 47.3 Å². The Kier molecular flexibility index (Phi) is 10.3. The van der Waals surface area contributed by atoms with Crippen LogP contribution in [0, 0.1) is 18.1 Å². The van der Waals surface area contributed by atoms with E-state index in [4.69, 9.17) is 4.74 Å². The summed E-state index contributed by atoms with van der Waals surface area (Å²) in [5.41, 5.74) is -0.747.